The highest BCUT2D eigenvalue weighted by Crippen LogP contribution is 2.14. The Labute approximate surface area is 153 Å². The van der Waals surface area contributed by atoms with Gasteiger partial charge in [0.05, 0.1) is 13.5 Å². The van der Waals surface area contributed by atoms with Crippen molar-refractivity contribution in [2.45, 2.75) is 12.8 Å². The molecule has 5 nitrogen and oxygen atoms in total. The second-order valence-corrected chi connectivity index (χ2v) is 5.91. The third-order valence-electron chi connectivity index (χ3n) is 3.97. The number of methoxy groups -OCH3 is 1. The fourth-order valence-corrected chi connectivity index (χ4v) is 2.60. The molecular weight excluding hydrogens is 326 g/mol. The molecule has 0 saturated heterocycles. The van der Waals surface area contributed by atoms with E-state index >= 15 is 0 Å². The van der Waals surface area contributed by atoms with Crippen LogP contribution in [-0.2, 0) is 17.6 Å². The number of amides is 1. The smallest absolute Gasteiger partial charge is 0.224 e. The van der Waals surface area contributed by atoms with E-state index in [1.165, 1.54) is 0 Å². The van der Waals surface area contributed by atoms with Gasteiger partial charge in [0, 0.05) is 24.5 Å². The molecule has 1 amide bonds. The van der Waals surface area contributed by atoms with Crippen molar-refractivity contribution in [1.29, 1.82) is 0 Å². The van der Waals surface area contributed by atoms with Gasteiger partial charge in [-0.3, -0.25) is 4.79 Å². The molecule has 0 saturated carbocycles. The van der Waals surface area contributed by atoms with E-state index in [1.807, 2.05) is 67.0 Å². The number of hydrogen-bond acceptors (Lipinski definition) is 4. The fraction of sp³-hybridized carbons (Fsp3) is 0.190. The summed E-state index contributed by atoms with van der Waals surface area (Å²) in [6.45, 7) is 0.552. The molecule has 0 fully saturated rings. The van der Waals surface area contributed by atoms with Gasteiger partial charge < -0.3 is 10.1 Å². The number of rotatable bonds is 7. The average Bonchev–Trinajstić information content (AvgIpc) is 2.69. The first-order valence-corrected chi connectivity index (χ1v) is 8.50. The summed E-state index contributed by atoms with van der Waals surface area (Å²) in [4.78, 5) is 20.8. The van der Waals surface area contributed by atoms with Gasteiger partial charge in [0.2, 0.25) is 5.91 Å². The van der Waals surface area contributed by atoms with Crippen molar-refractivity contribution in [2.75, 3.05) is 13.7 Å². The normalized spacial score (nSPS) is 10.3. The van der Waals surface area contributed by atoms with Crippen LogP contribution < -0.4 is 10.1 Å². The Balaban J connectivity index is 1.47. The van der Waals surface area contributed by atoms with Crippen molar-refractivity contribution in [1.82, 2.24) is 15.3 Å². The minimum Gasteiger partial charge on any atom is -0.497 e. The van der Waals surface area contributed by atoms with Crippen LogP contribution in [0.1, 0.15) is 11.1 Å². The zero-order valence-corrected chi connectivity index (χ0v) is 14.7. The van der Waals surface area contributed by atoms with Crippen LogP contribution in [0.3, 0.4) is 0 Å². The standard InChI is InChI=1S/C21H21N3O2/c1-26-19-9-5-6-16(12-19)13-20(25)22-11-10-17-14-23-21(24-15-17)18-7-3-2-4-8-18/h2-9,12,14-15H,10-11,13H2,1H3,(H,22,25). The molecule has 26 heavy (non-hydrogen) atoms. The minimum atomic E-state index is -0.0138. The molecule has 0 atom stereocenters. The first-order chi connectivity index (χ1) is 12.7. The summed E-state index contributed by atoms with van der Waals surface area (Å²) >= 11 is 0. The largest absolute Gasteiger partial charge is 0.497 e. The number of nitrogens with one attached hydrogen (secondary N) is 1. The zero-order valence-electron chi connectivity index (χ0n) is 14.7. The Morgan fingerprint density at radius 3 is 2.50 bits per heavy atom. The van der Waals surface area contributed by atoms with Crippen LogP contribution in [0, 0.1) is 0 Å². The summed E-state index contributed by atoms with van der Waals surface area (Å²) in [6.07, 6.45) is 4.65. The maximum absolute atomic E-state index is 12.1. The Kier molecular flexibility index (Phi) is 5.93. The molecule has 0 aliphatic carbocycles. The van der Waals surface area contributed by atoms with Gasteiger partial charge in [0.25, 0.3) is 0 Å². The lowest BCUT2D eigenvalue weighted by molar-refractivity contribution is -0.120. The molecular formula is C21H21N3O2. The maximum Gasteiger partial charge on any atom is 0.224 e. The predicted octanol–water partition coefficient (Wildman–Crippen LogP) is 3.05. The lowest BCUT2D eigenvalue weighted by atomic mass is 10.1. The number of benzene rings is 2. The summed E-state index contributed by atoms with van der Waals surface area (Å²) in [5.74, 6) is 1.45. The molecule has 1 N–H and O–H groups in total. The molecule has 0 aliphatic rings. The third-order valence-corrected chi connectivity index (χ3v) is 3.97. The molecule has 2 aromatic carbocycles. The Hall–Kier alpha value is -3.21. The summed E-state index contributed by atoms with van der Waals surface area (Å²) in [7, 11) is 1.62. The number of aromatic nitrogens is 2. The second-order valence-electron chi connectivity index (χ2n) is 5.91. The van der Waals surface area contributed by atoms with Crippen LogP contribution in [-0.4, -0.2) is 29.5 Å². The van der Waals surface area contributed by atoms with Crippen LogP contribution in [0.5, 0.6) is 5.75 Å². The Morgan fingerprint density at radius 1 is 1.00 bits per heavy atom. The highest BCUT2D eigenvalue weighted by molar-refractivity contribution is 5.78. The Bertz CT molecular complexity index is 849. The quantitative estimate of drug-likeness (QED) is 0.713. The van der Waals surface area contributed by atoms with Crippen LogP contribution in [0.25, 0.3) is 11.4 Å². The number of hydrogen-bond donors (Lipinski definition) is 1. The molecule has 132 valence electrons. The Morgan fingerprint density at radius 2 is 1.77 bits per heavy atom. The third kappa shape index (κ3) is 4.89. The van der Waals surface area contributed by atoms with Crippen molar-refractivity contribution >= 4 is 5.91 Å². The number of nitrogens with zero attached hydrogens (tertiary/aromatic N) is 2. The van der Waals surface area contributed by atoms with Gasteiger partial charge in [-0.2, -0.15) is 0 Å². The molecule has 3 rings (SSSR count). The van der Waals surface area contributed by atoms with Gasteiger partial charge in [0.1, 0.15) is 5.75 Å². The van der Waals surface area contributed by atoms with Crippen LogP contribution >= 0.6 is 0 Å². The molecule has 0 bridgehead atoms. The zero-order chi connectivity index (χ0) is 18.2. The molecule has 3 aromatic rings. The molecule has 0 unspecified atom stereocenters. The summed E-state index contributed by atoms with van der Waals surface area (Å²) in [6, 6.07) is 17.4. The van der Waals surface area contributed by atoms with Gasteiger partial charge in [-0.05, 0) is 29.7 Å². The van der Waals surface area contributed by atoms with E-state index in [-0.39, 0.29) is 5.91 Å². The van der Waals surface area contributed by atoms with Crippen molar-refractivity contribution in [3.63, 3.8) is 0 Å². The van der Waals surface area contributed by atoms with E-state index in [4.69, 9.17) is 4.74 Å². The van der Waals surface area contributed by atoms with Crippen molar-refractivity contribution in [2.24, 2.45) is 0 Å². The first-order valence-electron chi connectivity index (χ1n) is 8.50. The number of ether oxygens (including phenoxy) is 1. The van der Waals surface area contributed by atoms with E-state index in [2.05, 4.69) is 15.3 Å². The molecule has 0 radical (unpaired) electrons. The molecule has 0 aliphatic heterocycles. The topological polar surface area (TPSA) is 64.1 Å². The summed E-state index contributed by atoms with van der Waals surface area (Å²) in [5, 5.41) is 2.93. The summed E-state index contributed by atoms with van der Waals surface area (Å²) < 4.78 is 5.17. The van der Waals surface area contributed by atoms with E-state index in [9.17, 15) is 4.79 Å². The molecule has 1 heterocycles. The SMILES string of the molecule is COc1cccc(CC(=O)NCCc2cnc(-c3ccccc3)nc2)c1. The van der Waals surface area contributed by atoms with E-state index in [0.29, 0.717) is 25.2 Å². The van der Waals surface area contributed by atoms with Crippen LogP contribution in [0.4, 0.5) is 0 Å². The van der Waals surface area contributed by atoms with Crippen LogP contribution in [0.2, 0.25) is 0 Å². The summed E-state index contributed by atoms with van der Waals surface area (Å²) in [5.41, 5.74) is 2.91. The number of carbonyl (C=O) groups excluding carboxylic acids is 1. The fourth-order valence-electron chi connectivity index (χ4n) is 2.60. The molecule has 0 spiro atoms. The van der Waals surface area contributed by atoms with Crippen molar-refractivity contribution in [3.05, 3.63) is 78.1 Å². The highest BCUT2D eigenvalue weighted by Gasteiger charge is 2.05. The van der Waals surface area contributed by atoms with E-state index < -0.39 is 0 Å². The number of carbonyl (C=O) groups is 1. The first kappa shape index (κ1) is 17.6. The monoisotopic (exact) mass is 347 g/mol. The minimum absolute atomic E-state index is 0.0138. The van der Waals surface area contributed by atoms with Gasteiger partial charge in [-0.25, -0.2) is 9.97 Å². The lowest BCUT2D eigenvalue weighted by Gasteiger charge is -2.07. The predicted molar refractivity (Wildman–Crippen MR) is 101 cm³/mol. The highest BCUT2D eigenvalue weighted by atomic mass is 16.5. The van der Waals surface area contributed by atoms with Crippen LogP contribution in [0.15, 0.2) is 67.0 Å². The second kappa shape index (κ2) is 8.76. The molecule has 5 heteroatoms. The maximum atomic E-state index is 12.1. The van der Waals surface area contributed by atoms with Gasteiger partial charge in [0.15, 0.2) is 5.82 Å². The molecule has 1 aromatic heterocycles. The lowest BCUT2D eigenvalue weighted by Crippen LogP contribution is -2.27. The van der Waals surface area contributed by atoms with Crippen molar-refractivity contribution in [3.8, 4) is 17.1 Å². The van der Waals surface area contributed by atoms with E-state index in [1.54, 1.807) is 7.11 Å². The van der Waals surface area contributed by atoms with Gasteiger partial charge >= 0.3 is 0 Å². The van der Waals surface area contributed by atoms with Crippen molar-refractivity contribution < 1.29 is 9.53 Å². The van der Waals surface area contributed by atoms with Gasteiger partial charge in [-0.15, -0.1) is 0 Å². The average molecular weight is 347 g/mol. The van der Waals surface area contributed by atoms with E-state index in [0.717, 1.165) is 22.4 Å². The van der Waals surface area contributed by atoms with Gasteiger partial charge in [-0.1, -0.05) is 42.5 Å².